The molecule has 23 heavy (non-hydrogen) atoms. The second-order valence-electron chi connectivity index (χ2n) is 6.99. The first-order chi connectivity index (χ1) is 11.4. The number of piperidine rings is 1. The largest absolute Gasteiger partial charge is 0.383 e. The van der Waals surface area contributed by atoms with Crippen molar-refractivity contribution >= 4 is 0 Å². The molecule has 3 heterocycles. The highest BCUT2D eigenvalue weighted by Gasteiger charge is 2.24. The minimum atomic E-state index is 0.733. The molecular formula is C18H32N4O. The second-order valence-corrected chi connectivity index (χ2v) is 6.99. The lowest BCUT2D eigenvalue weighted by molar-refractivity contribution is 0.116. The summed E-state index contributed by atoms with van der Waals surface area (Å²) in [5.41, 5.74) is 0. The van der Waals surface area contributed by atoms with Gasteiger partial charge >= 0.3 is 0 Å². The van der Waals surface area contributed by atoms with Gasteiger partial charge in [-0.3, -0.25) is 4.90 Å². The molecule has 1 atom stereocenters. The average molecular weight is 320 g/mol. The molecule has 0 spiro atoms. The molecule has 1 aromatic heterocycles. The Balaban J connectivity index is 1.54. The van der Waals surface area contributed by atoms with Gasteiger partial charge in [0, 0.05) is 32.1 Å². The SMILES string of the molecule is COCCn1ccnc1CN1CCCC[C@@H]1CCN1CCCC1. The molecule has 2 aliphatic rings. The summed E-state index contributed by atoms with van der Waals surface area (Å²) in [5.74, 6) is 1.19. The predicted octanol–water partition coefficient (Wildman–Crippen LogP) is 2.37. The van der Waals surface area contributed by atoms with Gasteiger partial charge in [-0.05, 0) is 58.3 Å². The number of methoxy groups -OCH3 is 1. The molecule has 130 valence electrons. The Morgan fingerprint density at radius 1 is 1.13 bits per heavy atom. The van der Waals surface area contributed by atoms with Gasteiger partial charge in [0.25, 0.3) is 0 Å². The van der Waals surface area contributed by atoms with Crippen LogP contribution >= 0.6 is 0 Å². The molecule has 0 aliphatic carbocycles. The van der Waals surface area contributed by atoms with Crippen molar-refractivity contribution in [3.63, 3.8) is 0 Å². The van der Waals surface area contributed by atoms with Crippen LogP contribution in [0.15, 0.2) is 12.4 Å². The molecule has 3 rings (SSSR count). The third-order valence-electron chi connectivity index (χ3n) is 5.41. The molecular weight excluding hydrogens is 288 g/mol. The fourth-order valence-corrected chi connectivity index (χ4v) is 4.00. The van der Waals surface area contributed by atoms with Gasteiger partial charge in [0.15, 0.2) is 0 Å². The lowest BCUT2D eigenvalue weighted by Gasteiger charge is -2.36. The topological polar surface area (TPSA) is 33.5 Å². The highest BCUT2D eigenvalue weighted by molar-refractivity contribution is 4.94. The molecule has 5 nitrogen and oxygen atoms in total. The minimum Gasteiger partial charge on any atom is -0.383 e. The molecule has 0 aromatic carbocycles. The summed E-state index contributed by atoms with van der Waals surface area (Å²) in [7, 11) is 1.76. The van der Waals surface area contributed by atoms with Crippen LogP contribution in [0.5, 0.6) is 0 Å². The van der Waals surface area contributed by atoms with Crippen LogP contribution in [0.25, 0.3) is 0 Å². The van der Waals surface area contributed by atoms with Gasteiger partial charge in [-0.25, -0.2) is 4.98 Å². The van der Waals surface area contributed by atoms with Crippen molar-refractivity contribution in [1.82, 2.24) is 19.4 Å². The maximum Gasteiger partial charge on any atom is 0.122 e. The van der Waals surface area contributed by atoms with Gasteiger partial charge in [0.1, 0.15) is 5.82 Å². The lowest BCUT2D eigenvalue weighted by Crippen LogP contribution is -2.41. The van der Waals surface area contributed by atoms with E-state index in [2.05, 4.69) is 25.5 Å². The van der Waals surface area contributed by atoms with Crippen molar-refractivity contribution < 1.29 is 4.74 Å². The molecule has 5 heteroatoms. The number of hydrogen-bond donors (Lipinski definition) is 0. The van der Waals surface area contributed by atoms with Gasteiger partial charge in [0.2, 0.25) is 0 Å². The van der Waals surface area contributed by atoms with Crippen LogP contribution in [0.3, 0.4) is 0 Å². The Morgan fingerprint density at radius 2 is 1.96 bits per heavy atom. The lowest BCUT2D eigenvalue weighted by atomic mass is 9.99. The van der Waals surface area contributed by atoms with Crippen LogP contribution in [0.4, 0.5) is 0 Å². The van der Waals surface area contributed by atoms with Crippen LogP contribution in [-0.2, 0) is 17.8 Å². The van der Waals surface area contributed by atoms with Crippen molar-refractivity contribution in [3.05, 3.63) is 18.2 Å². The van der Waals surface area contributed by atoms with Crippen molar-refractivity contribution in [2.45, 2.75) is 57.7 Å². The molecule has 0 N–H and O–H groups in total. The maximum absolute atomic E-state index is 5.21. The Labute approximate surface area is 140 Å². The summed E-state index contributed by atoms with van der Waals surface area (Å²) in [6.45, 7) is 7.77. The van der Waals surface area contributed by atoms with E-state index in [9.17, 15) is 0 Å². The van der Waals surface area contributed by atoms with Crippen molar-refractivity contribution in [3.8, 4) is 0 Å². The van der Waals surface area contributed by atoms with Gasteiger partial charge in [-0.2, -0.15) is 0 Å². The summed E-state index contributed by atoms with van der Waals surface area (Å²) < 4.78 is 7.45. The fourth-order valence-electron chi connectivity index (χ4n) is 4.00. The predicted molar refractivity (Wildman–Crippen MR) is 92.4 cm³/mol. The highest BCUT2D eigenvalue weighted by Crippen LogP contribution is 2.22. The molecule has 0 saturated carbocycles. The molecule has 1 aromatic rings. The van der Waals surface area contributed by atoms with Gasteiger partial charge in [-0.15, -0.1) is 0 Å². The summed E-state index contributed by atoms with van der Waals surface area (Å²) in [4.78, 5) is 9.91. The Bertz CT molecular complexity index is 456. The Morgan fingerprint density at radius 3 is 2.78 bits per heavy atom. The molecule has 2 aliphatic heterocycles. The van der Waals surface area contributed by atoms with Crippen molar-refractivity contribution in [2.24, 2.45) is 0 Å². The molecule has 0 amide bonds. The smallest absolute Gasteiger partial charge is 0.122 e. The number of aromatic nitrogens is 2. The third kappa shape index (κ3) is 4.78. The summed E-state index contributed by atoms with van der Waals surface area (Å²) >= 11 is 0. The molecule has 2 saturated heterocycles. The van der Waals surface area contributed by atoms with Crippen LogP contribution in [0.2, 0.25) is 0 Å². The fraction of sp³-hybridized carbons (Fsp3) is 0.833. The van der Waals surface area contributed by atoms with Crippen LogP contribution < -0.4 is 0 Å². The molecule has 2 fully saturated rings. The number of imidazole rings is 1. The van der Waals surface area contributed by atoms with Crippen LogP contribution in [0.1, 0.15) is 44.3 Å². The van der Waals surface area contributed by atoms with E-state index in [1.54, 1.807) is 7.11 Å². The van der Waals surface area contributed by atoms with Crippen LogP contribution in [0, 0.1) is 0 Å². The standard InChI is InChI=1S/C18H32N4O/c1-23-15-14-21-13-8-19-18(21)16-22-11-3-2-6-17(22)7-12-20-9-4-5-10-20/h8,13,17H,2-7,9-12,14-16H2,1H3/t17-/m1/s1. The molecule has 0 bridgehead atoms. The quantitative estimate of drug-likeness (QED) is 0.736. The number of likely N-dealkylation sites (tertiary alicyclic amines) is 2. The van der Waals surface area contributed by atoms with E-state index in [1.807, 2.05) is 6.20 Å². The number of ether oxygens (including phenoxy) is 1. The first-order valence-corrected chi connectivity index (χ1v) is 9.32. The summed E-state index contributed by atoms with van der Waals surface area (Å²) in [5, 5.41) is 0. The first kappa shape index (κ1) is 16.9. The van der Waals surface area contributed by atoms with E-state index in [0.717, 1.165) is 25.7 Å². The average Bonchev–Trinajstić information content (AvgIpc) is 3.24. The van der Waals surface area contributed by atoms with Gasteiger partial charge < -0.3 is 14.2 Å². The molecule has 0 unspecified atom stereocenters. The second kappa shape index (κ2) is 8.81. The number of nitrogens with zero attached hydrogens (tertiary/aromatic N) is 4. The van der Waals surface area contributed by atoms with E-state index in [0.29, 0.717) is 0 Å². The highest BCUT2D eigenvalue weighted by atomic mass is 16.5. The first-order valence-electron chi connectivity index (χ1n) is 9.32. The summed E-state index contributed by atoms with van der Waals surface area (Å²) in [6, 6.07) is 0.733. The van der Waals surface area contributed by atoms with Crippen LogP contribution in [-0.4, -0.2) is 65.3 Å². The summed E-state index contributed by atoms with van der Waals surface area (Å²) in [6.07, 6.45) is 12.2. The number of hydrogen-bond acceptors (Lipinski definition) is 4. The van der Waals surface area contributed by atoms with Gasteiger partial charge in [-0.1, -0.05) is 6.42 Å². The molecule has 0 radical (unpaired) electrons. The van der Waals surface area contributed by atoms with E-state index in [1.165, 1.54) is 70.5 Å². The van der Waals surface area contributed by atoms with E-state index < -0.39 is 0 Å². The monoisotopic (exact) mass is 320 g/mol. The zero-order chi connectivity index (χ0) is 15.9. The zero-order valence-electron chi connectivity index (χ0n) is 14.6. The van der Waals surface area contributed by atoms with E-state index in [-0.39, 0.29) is 0 Å². The van der Waals surface area contributed by atoms with E-state index >= 15 is 0 Å². The maximum atomic E-state index is 5.21. The third-order valence-corrected chi connectivity index (χ3v) is 5.41. The Kier molecular flexibility index (Phi) is 6.48. The normalized spacial score (nSPS) is 23.6. The Hall–Kier alpha value is -0.910. The van der Waals surface area contributed by atoms with Crippen molar-refractivity contribution in [1.29, 1.82) is 0 Å². The van der Waals surface area contributed by atoms with Crippen molar-refractivity contribution in [2.75, 3.05) is 39.9 Å². The van der Waals surface area contributed by atoms with Gasteiger partial charge in [0.05, 0.1) is 13.2 Å². The number of rotatable bonds is 8. The minimum absolute atomic E-state index is 0.733. The van der Waals surface area contributed by atoms with E-state index in [4.69, 9.17) is 4.74 Å². The zero-order valence-corrected chi connectivity index (χ0v) is 14.6.